The zero-order valence-corrected chi connectivity index (χ0v) is 21.4. The summed E-state index contributed by atoms with van der Waals surface area (Å²) in [6.07, 6.45) is 5.64. The van der Waals surface area contributed by atoms with Crippen molar-refractivity contribution >= 4 is 51.0 Å². The molecule has 0 spiro atoms. The number of nitrogens with zero attached hydrogens (tertiary/aromatic N) is 5. The number of benzene rings is 1. The molecule has 0 bridgehead atoms. The van der Waals surface area contributed by atoms with Gasteiger partial charge in [-0.15, -0.1) is 11.3 Å². The van der Waals surface area contributed by atoms with E-state index in [0.29, 0.717) is 37.0 Å². The second-order valence-corrected chi connectivity index (χ2v) is 10.3. The van der Waals surface area contributed by atoms with Crippen molar-refractivity contribution in [1.82, 2.24) is 19.6 Å². The van der Waals surface area contributed by atoms with Gasteiger partial charge in [-0.05, 0) is 37.6 Å². The molecule has 2 aromatic heterocycles. The number of aryl methyl sites for hydroxylation is 1. The van der Waals surface area contributed by atoms with Crippen LogP contribution in [0.15, 0.2) is 37.6 Å². The van der Waals surface area contributed by atoms with Crippen molar-refractivity contribution in [2.75, 3.05) is 18.8 Å². The van der Waals surface area contributed by atoms with E-state index in [-0.39, 0.29) is 55.3 Å². The molecule has 4 heterocycles. The molecule has 8 nitrogen and oxygen atoms in total. The molecule has 0 radical (unpaired) electrons. The lowest BCUT2D eigenvalue weighted by molar-refractivity contribution is -0.131. The number of rotatable bonds is 3. The summed E-state index contributed by atoms with van der Waals surface area (Å²) in [7, 11) is 0. The Labute approximate surface area is 220 Å². The molecule has 1 saturated heterocycles. The molecule has 1 aromatic carbocycles. The van der Waals surface area contributed by atoms with Gasteiger partial charge >= 0.3 is 0 Å². The molecule has 2 aliphatic rings. The lowest BCUT2D eigenvalue weighted by atomic mass is 9.97. The minimum atomic E-state index is -0.718. The number of anilines is 1. The third kappa shape index (κ3) is 3.88. The highest BCUT2D eigenvalue weighted by atomic mass is 32.1. The van der Waals surface area contributed by atoms with Crippen molar-refractivity contribution < 1.29 is 18.4 Å². The van der Waals surface area contributed by atoms with Gasteiger partial charge in [0, 0.05) is 41.8 Å². The molecule has 11 heteroatoms. The number of hydrogen-bond donors (Lipinski definition) is 1. The van der Waals surface area contributed by atoms with Crippen LogP contribution in [-0.2, 0) is 11.3 Å². The van der Waals surface area contributed by atoms with E-state index in [2.05, 4.69) is 18.3 Å². The smallest absolute Gasteiger partial charge is 0.256 e. The molecule has 0 unspecified atom stereocenters. The van der Waals surface area contributed by atoms with Gasteiger partial charge in [-0.1, -0.05) is 13.2 Å². The number of aromatic nitrogens is 2. The zero-order chi connectivity index (χ0) is 27.3. The van der Waals surface area contributed by atoms with Gasteiger partial charge in [0.2, 0.25) is 5.91 Å². The summed E-state index contributed by atoms with van der Waals surface area (Å²) < 4.78 is 32.0. The van der Waals surface area contributed by atoms with Crippen LogP contribution in [0.1, 0.15) is 34.8 Å². The Hall–Kier alpha value is -4.30. The second-order valence-electron chi connectivity index (χ2n) is 9.29. The summed E-state index contributed by atoms with van der Waals surface area (Å²) in [4.78, 5) is 29.5. The van der Waals surface area contributed by atoms with E-state index in [1.807, 2.05) is 13.0 Å². The molecule has 2 aliphatic heterocycles. The van der Waals surface area contributed by atoms with E-state index < -0.39 is 11.6 Å². The van der Waals surface area contributed by atoms with Crippen LogP contribution in [0.4, 0.5) is 13.8 Å². The number of halogens is 2. The van der Waals surface area contributed by atoms with E-state index in [0.717, 1.165) is 23.5 Å². The van der Waals surface area contributed by atoms with Gasteiger partial charge in [0.05, 0.1) is 33.4 Å². The minimum Gasteiger partial charge on any atom is -0.389 e. The summed E-state index contributed by atoms with van der Waals surface area (Å²) >= 11 is 0.878. The van der Waals surface area contributed by atoms with E-state index >= 15 is 4.39 Å². The van der Waals surface area contributed by atoms with Crippen LogP contribution in [0.2, 0.25) is 0 Å². The predicted molar refractivity (Wildman–Crippen MR) is 141 cm³/mol. The molecule has 0 aliphatic carbocycles. The first kappa shape index (κ1) is 25.4. The second kappa shape index (κ2) is 9.54. The van der Waals surface area contributed by atoms with Crippen molar-refractivity contribution in [1.29, 1.82) is 5.26 Å². The number of piperazine rings is 1. The maximum Gasteiger partial charge on any atom is 0.256 e. The van der Waals surface area contributed by atoms with Gasteiger partial charge in [0.15, 0.2) is 0 Å². The molecule has 3 aromatic rings. The van der Waals surface area contributed by atoms with Gasteiger partial charge in [0.25, 0.3) is 5.91 Å². The van der Waals surface area contributed by atoms with Gasteiger partial charge < -0.3 is 15.5 Å². The Balaban J connectivity index is 1.69. The highest BCUT2D eigenvalue weighted by Crippen LogP contribution is 2.32. The number of carbonyl (C=O) groups is 2. The molecule has 1 fully saturated rings. The average molecular weight is 535 g/mol. The fourth-order valence-electron chi connectivity index (χ4n) is 5.26. The number of nitrogens with two attached hydrogens (primary N) is 1. The van der Waals surface area contributed by atoms with E-state index in [1.54, 1.807) is 14.5 Å². The molecule has 0 saturated carbocycles. The lowest BCUT2D eigenvalue weighted by Crippen LogP contribution is -2.60. The Morgan fingerprint density at radius 2 is 2.11 bits per heavy atom. The van der Waals surface area contributed by atoms with Crippen molar-refractivity contribution in [2.45, 2.75) is 32.0 Å². The van der Waals surface area contributed by atoms with Crippen LogP contribution < -0.4 is 15.5 Å². The number of thiophene rings is 1. The van der Waals surface area contributed by atoms with Crippen molar-refractivity contribution in [3.8, 4) is 6.07 Å². The number of hydrogen-bond acceptors (Lipinski definition) is 6. The molecule has 2 atom stereocenters. The van der Waals surface area contributed by atoms with Crippen molar-refractivity contribution in [3.05, 3.63) is 69.8 Å². The Morgan fingerprint density at radius 1 is 1.34 bits per heavy atom. The summed E-state index contributed by atoms with van der Waals surface area (Å²) in [6, 6.07) is 2.63. The maximum absolute atomic E-state index is 15.7. The van der Waals surface area contributed by atoms with Gasteiger partial charge in [-0.25, -0.2) is 8.78 Å². The number of allylic oxidation sites excluding steroid dienone is 1. The Bertz CT molecular complexity index is 1700. The van der Waals surface area contributed by atoms with Crippen molar-refractivity contribution in [2.24, 2.45) is 0 Å². The highest BCUT2D eigenvalue weighted by molar-refractivity contribution is 7.14. The lowest BCUT2D eigenvalue weighted by Gasteiger charge is -2.45. The van der Waals surface area contributed by atoms with Crippen LogP contribution >= 0.6 is 11.3 Å². The monoisotopic (exact) mass is 534 g/mol. The number of nitrogen functional groups attached to an aromatic ring is 1. The minimum absolute atomic E-state index is 0.0342. The zero-order valence-electron chi connectivity index (χ0n) is 20.6. The highest BCUT2D eigenvalue weighted by Gasteiger charge is 2.38. The summed E-state index contributed by atoms with van der Waals surface area (Å²) in [5.41, 5.74) is 6.66. The molecular weight excluding hydrogens is 510 g/mol. The van der Waals surface area contributed by atoms with Crippen LogP contribution in [0.25, 0.3) is 22.8 Å². The number of carbonyl (C=O) groups excluding carboxylic acids is 2. The third-order valence-electron chi connectivity index (χ3n) is 7.15. The van der Waals surface area contributed by atoms with E-state index in [4.69, 9.17) is 5.73 Å². The standard InChI is InChI=1S/C27H24F2N6O2S/c1-4-21(28)25-17(19(10-30)26(31)38-25)8-16-20-11-32-35-7-6-15-13-33(23(36)5-2)14(3)12-34(15)27(37)18(24(20)35)9-22(16)29/h4-5,8-9,11,14-15H,1-2,6-7,12-13,31H2,3H3/b17-8+,25-21-/t14-,15+/m1/s1. The predicted octanol–water partition coefficient (Wildman–Crippen LogP) is 2.41. The Morgan fingerprint density at radius 3 is 2.79 bits per heavy atom. The fraction of sp³-hybridized carbons (Fsp3) is 0.259. The Kier molecular flexibility index (Phi) is 6.36. The molecule has 5 rings (SSSR count). The normalized spacial score (nSPS) is 20.5. The summed E-state index contributed by atoms with van der Waals surface area (Å²) in [5.74, 6) is -1.95. The SMILES string of the molecule is C=CC(=O)N1C[C@@H]2CCn3ncc4c(/C=c5\c(C#N)c(N)s\c5=C(/F)C=C)c(F)cc(c43)C(=O)N2C[C@H]1C. The molecular formula is C27H24F2N6O2S. The van der Waals surface area contributed by atoms with E-state index in [1.165, 1.54) is 18.3 Å². The summed E-state index contributed by atoms with van der Waals surface area (Å²) in [6.45, 7) is 9.94. The molecule has 194 valence electrons. The summed E-state index contributed by atoms with van der Waals surface area (Å²) in [5, 5.41) is 14.7. The first-order valence-electron chi connectivity index (χ1n) is 11.9. The molecule has 2 amide bonds. The van der Waals surface area contributed by atoms with Gasteiger partial charge in [-0.2, -0.15) is 10.4 Å². The van der Waals surface area contributed by atoms with Crippen LogP contribution in [0.5, 0.6) is 0 Å². The fourth-order valence-corrected chi connectivity index (χ4v) is 6.19. The number of nitriles is 1. The van der Waals surface area contributed by atoms with Gasteiger partial charge in [0.1, 0.15) is 22.7 Å². The third-order valence-corrected chi connectivity index (χ3v) is 8.19. The average Bonchev–Trinajstić information content (AvgIpc) is 3.47. The van der Waals surface area contributed by atoms with Crippen LogP contribution in [-0.4, -0.2) is 56.6 Å². The quantitative estimate of drug-likeness (QED) is 0.520. The van der Waals surface area contributed by atoms with Crippen LogP contribution in [0, 0.1) is 17.1 Å². The topological polar surface area (TPSA) is 108 Å². The number of amides is 2. The van der Waals surface area contributed by atoms with Gasteiger partial charge in [-0.3, -0.25) is 14.3 Å². The van der Waals surface area contributed by atoms with Crippen LogP contribution in [0.3, 0.4) is 0 Å². The number of fused-ring (bicyclic) bond motifs is 1. The molecule has 38 heavy (non-hydrogen) atoms. The first-order chi connectivity index (χ1) is 18.2. The van der Waals surface area contributed by atoms with Crippen molar-refractivity contribution in [3.63, 3.8) is 0 Å². The molecule has 2 N–H and O–H groups in total. The largest absolute Gasteiger partial charge is 0.389 e. The maximum atomic E-state index is 15.7. The first-order valence-corrected chi connectivity index (χ1v) is 12.8. The van der Waals surface area contributed by atoms with E-state index in [9.17, 15) is 19.2 Å².